The van der Waals surface area contributed by atoms with E-state index < -0.39 is 30.3 Å². The molecule has 0 spiro atoms. The van der Waals surface area contributed by atoms with Gasteiger partial charge in [0.1, 0.15) is 19.2 Å². The van der Waals surface area contributed by atoms with Crippen LogP contribution in [0.3, 0.4) is 0 Å². The van der Waals surface area contributed by atoms with Crippen molar-refractivity contribution < 1.29 is 24.2 Å². The monoisotopic (exact) mass is 485 g/mol. The summed E-state index contributed by atoms with van der Waals surface area (Å²) in [5.41, 5.74) is 3.47. The van der Waals surface area contributed by atoms with Gasteiger partial charge in [-0.25, -0.2) is 4.79 Å². The van der Waals surface area contributed by atoms with Crippen LogP contribution in [0.4, 0.5) is 4.79 Å². The van der Waals surface area contributed by atoms with Gasteiger partial charge in [-0.2, -0.15) is 4.80 Å². The van der Waals surface area contributed by atoms with E-state index in [0.717, 1.165) is 21.5 Å². The lowest BCUT2D eigenvalue weighted by Gasteiger charge is -2.15. The van der Waals surface area contributed by atoms with Gasteiger partial charge in [-0.05, 0) is 28.0 Å². The van der Waals surface area contributed by atoms with Gasteiger partial charge in [0.05, 0.1) is 6.42 Å². The van der Waals surface area contributed by atoms with Crippen LogP contribution in [0.2, 0.25) is 0 Å². The van der Waals surface area contributed by atoms with Crippen LogP contribution in [-0.4, -0.2) is 49.2 Å². The minimum atomic E-state index is -1.32. The van der Waals surface area contributed by atoms with Crippen molar-refractivity contribution in [3.05, 3.63) is 90.5 Å². The lowest BCUT2D eigenvalue weighted by atomic mass is 10.0. The molecule has 4 rings (SSSR count). The fraction of sp³-hybridized carbons (Fsp3) is 0.154. The van der Waals surface area contributed by atoms with Crippen LogP contribution in [0.1, 0.15) is 12.0 Å². The normalized spacial score (nSPS) is 11.4. The lowest BCUT2D eigenvalue weighted by molar-refractivity contribution is -0.139. The third-order valence-corrected chi connectivity index (χ3v) is 5.25. The molecule has 0 radical (unpaired) electrons. The number of amides is 1. The zero-order valence-electron chi connectivity index (χ0n) is 19.2. The predicted octanol–water partition coefficient (Wildman–Crippen LogP) is 3.35. The number of ether oxygens (including phenoxy) is 1. The van der Waals surface area contributed by atoms with Crippen LogP contribution in [0.5, 0.6) is 0 Å². The zero-order chi connectivity index (χ0) is 25.3. The number of hydrogen-bond acceptors (Lipinski definition) is 7. The maximum absolute atomic E-state index is 12.8. The highest BCUT2D eigenvalue weighted by Crippen LogP contribution is 2.23. The highest BCUT2D eigenvalue weighted by molar-refractivity contribution is 5.90. The quantitative estimate of drug-likeness (QED) is 0.349. The first-order chi connectivity index (χ1) is 17.5. The van der Waals surface area contributed by atoms with Crippen molar-refractivity contribution in [2.45, 2.75) is 25.6 Å². The number of benzene rings is 3. The molecule has 0 aliphatic carbocycles. The molecule has 0 bridgehead atoms. The third-order valence-electron chi connectivity index (χ3n) is 5.25. The lowest BCUT2D eigenvalue weighted by Crippen LogP contribution is -2.44. The molecule has 4 aromatic rings. The van der Waals surface area contributed by atoms with Crippen molar-refractivity contribution in [1.29, 1.82) is 0 Å². The van der Waals surface area contributed by atoms with E-state index in [1.54, 1.807) is 24.3 Å². The molecular formula is C26H23N5O5. The van der Waals surface area contributed by atoms with Gasteiger partial charge in [0, 0.05) is 5.56 Å². The number of carboxylic acids is 1. The van der Waals surface area contributed by atoms with Gasteiger partial charge >= 0.3 is 12.1 Å². The summed E-state index contributed by atoms with van der Waals surface area (Å²) in [7, 11) is 0. The Morgan fingerprint density at radius 2 is 1.56 bits per heavy atom. The van der Waals surface area contributed by atoms with E-state index >= 15 is 0 Å². The van der Waals surface area contributed by atoms with E-state index in [2.05, 4.69) is 20.7 Å². The summed E-state index contributed by atoms with van der Waals surface area (Å²) in [6.07, 6.45) is -1.51. The third kappa shape index (κ3) is 6.60. The van der Waals surface area contributed by atoms with Crippen LogP contribution < -0.4 is 5.32 Å². The topological polar surface area (TPSA) is 136 Å². The van der Waals surface area contributed by atoms with E-state index in [1.165, 1.54) is 0 Å². The molecule has 2 N–H and O–H groups in total. The second-order valence-electron chi connectivity index (χ2n) is 7.91. The van der Waals surface area contributed by atoms with Gasteiger partial charge in [-0.3, -0.25) is 9.59 Å². The van der Waals surface area contributed by atoms with Gasteiger partial charge in [0.25, 0.3) is 0 Å². The molecular weight excluding hydrogens is 462 g/mol. The number of aromatic nitrogens is 4. The van der Waals surface area contributed by atoms with Crippen LogP contribution >= 0.6 is 0 Å². The standard InChI is InChI=1S/C26H23N5O5/c32-23(22(15-24(33)34)27-26(35)36-17-18-8-3-1-4-9-18)16-31-29-25(28-30-31)21-13-7-12-20(14-21)19-10-5-2-6-11-19/h1-14,22H,15-17H2,(H,27,35)(H,33,34). The number of aliphatic carboxylic acids is 1. The molecule has 0 saturated carbocycles. The van der Waals surface area contributed by atoms with Crippen LogP contribution in [-0.2, 0) is 27.5 Å². The maximum Gasteiger partial charge on any atom is 0.408 e. The fourth-order valence-electron chi connectivity index (χ4n) is 3.47. The predicted molar refractivity (Wildman–Crippen MR) is 129 cm³/mol. The molecule has 1 amide bonds. The number of rotatable bonds is 10. The Balaban J connectivity index is 1.40. The van der Waals surface area contributed by atoms with Crippen molar-refractivity contribution in [3.63, 3.8) is 0 Å². The molecule has 182 valence electrons. The smallest absolute Gasteiger partial charge is 0.408 e. The molecule has 1 atom stereocenters. The van der Waals surface area contributed by atoms with Crippen molar-refractivity contribution >= 4 is 17.8 Å². The highest BCUT2D eigenvalue weighted by Gasteiger charge is 2.25. The van der Waals surface area contributed by atoms with E-state index in [0.29, 0.717) is 11.4 Å². The molecule has 0 aliphatic heterocycles. The van der Waals surface area contributed by atoms with Crippen molar-refractivity contribution in [2.75, 3.05) is 0 Å². The number of nitrogens with one attached hydrogen (secondary N) is 1. The van der Waals surface area contributed by atoms with Crippen LogP contribution in [0.25, 0.3) is 22.5 Å². The largest absolute Gasteiger partial charge is 0.481 e. The summed E-state index contributed by atoms with van der Waals surface area (Å²) in [6, 6.07) is 25.0. The SMILES string of the molecule is O=C(O)CC(NC(=O)OCc1ccccc1)C(=O)Cn1nnc(-c2cccc(-c3ccccc3)c2)n1. The number of nitrogens with zero attached hydrogens (tertiary/aromatic N) is 4. The molecule has 36 heavy (non-hydrogen) atoms. The first-order valence-electron chi connectivity index (χ1n) is 11.1. The number of carbonyl (C=O) groups is 3. The Kier molecular flexibility index (Phi) is 7.76. The minimum absolute atomic E-state index is 0.0172. The molecule has 3 aromatic carbocycles. The van der Waals surface area contributed by atoms with Crippen molar-refractivity contribution in [1.82, 2.24) is 25.5 Å². The molecule has 0 saturated heterocycles. The van der Waals surface area contributed by atoms with E-state index in [-0.39, 0.29) is 13.2 Å². The average molecular weight is 486 g/mol. The summed E-state index contributed by atoms with van der Waals surface area (Å²) in [5.74, 6) is -1.54. The van der Waals surface area contributed by atoms with E-state index in [9.17, 15) is 19.5 Å². The van der Waals surface area contributed by atoms with Crippen molar-refractivity contribution in [3.8, 4) is 22.5 Å². The number of hydrogen-bond donors (Lipinski definition) is 2. The number of carboxylic acid groups (broad SMARTS) is 1. The molecule has 1 aromatic heterocycles. The number of tetrazole rings is 1. The minimum Gasteiger partial charge on any atom is -0.481 e. The van der Waals surface area contributed by atoms with Gasteiger partial charge in [-0.15, -0.1) is 10.2 Å². The Bertz CT molecular complexity index is 1340. The summed E-state index contributed by atoms with van der Waals surface area (Å²) >= 11 is 0. The second kappa shape index (κ2) is 11.5. The van der Waals surface area contributed by atoms with Crippen LogP contribution in [0.15, 0.2) is 84.9 Å². The van der Waals surface area contributed by atoms with Gasteiger partial charge in [-0.1, -0.05) is 78.9 Å². The maximum atomic E-state index is 12.8. The Labute approximate surface area is 206 Å². The second-order valence-corrected chi connectivity index (χ2v) is 7.91. The summed E-state index contributed by atoms with van der Waals surface area (Å²) < 4.78 is 5.10. The summed E-state index contributed by atoms with van der Waals surface area (Å²) in [5, 5.41) is 23.7. The van der Waals surface area contributed by atoms with E-state index in [1.807, 2.05) is 60.7 Å². The van der Waals surface area contributed by atoms with Crippen LogP contribution in [0, 0.1) is 0 Å². The zero-order valence-corrected chi connectivity index (χ0v) is 19.2. The number of ketones is 1. The summed E-state index contributed by atoms with van der Waals surface area (Å²) in [4.78, 5) is 37.3. The molecule has 10 nitrogen and oxygen atoms in total. The Morgan fingerprint density at radius 3 is 2.28 bits per heavy atom. The van der Waals surface area contributed by atoms with Crippen molar-refractivity contribution in [2.24, 2.45) is 0 Å². The Morgan fingerprint density at radius 1 is 0.889 bits per heavy atom. The first kappa shape index (κ1) is 24.3. The highest BCUT2D eigenvalue weighted by atomic mass is 16.5. The molecule has 1 unspecified atom stereocenters. The molecule has 1 heterocycles. The summed E-state index contributed by atoms with van der Waals surface area (Å²) in [6.45, 7) is -0.390. The average Bonchev–Trinajstić information content (AvgIpc) is 3.36. The number of carbonyl (C=O) groups excluding carboxylic acids is 2. The molecule has 0 aliphatic rings. The molecule has 0 fully saturated rings. The fourth-order valence-corrected chi connectivity index (χ4v) is 3.47. The van der Waals surface area contributed by atoms with E-state index in [4.69, 9.17) is 4.74 Å². The first-order valence-corrected chi connectivity index (χ1v) is 11.1. The number of alkyl carbamates (subject to hydrolysis) is 1. The van der Waals surface area contributed by atoms with Gasteiger partial charge in [0.2, 0.25) is 5.82 Å². The Hall–Kier alpha value is -4.86. The molecule has 10 heteroatoms. The van der Waals surface area contributed by atoms with Gasteiger partial charge in [0.15, 0.2) is 5.78 Å². The number of Topliss-reactive ketones (excluding diaryl/α,β-unsaturated/α-hetero) is 1. The van der Waals surface area contributed by atoms with Gasteiger partial charge < -0.3 is 15.2 Å².